The Balaban J connectivity index is 2.31. The molecule has 0 bridgehead atoms. The van der Waals surface area contributed by atoms with Gasteiger partial charge < -0.3 is 4.52 Å². The summed E-state index contributed by atoms with van der Waals surface area (Å²) in [4.78, 5) is 12.9. The Hall–Kier alpha value is -2.27. The zero-order valence-corrected chi connectivity index (χ0v) is 7.80. The van der Waals surface area contributed by atoms with E-state index >= 15 is 0 Å². The minimum absolute atomic E-state index is 0.117. The van der Waals surface area contributed by atoms with Crippen molar-refractivity contribution in [3.63, 3.8) is 0 Å². The third-order valence-corrected chi connectivity index (χ3v) is 2.28. The molecule has 1 aliphatic heterocycles. The molecule has 0 aliphatic carbocycles. The van der Waals surface area contributed by atoms with Crippen LogP contribution in [0.2, 0.25) is 0 Å². The van der Waals surface area contributed by atoms with Gasteiger partial charge in [-0.3, -0.25) is 9.69 Å². The van der Waals surface area contributed by atoms with Crippen molar-refractivity contribution in [1.82, 2.24) is 5.16 Å². The Bertz CT molecular complexity index is 478. The molecule has 1 fully saturated rings. The predicted molar refractivity (Wildman–Crippen MR) is 50.5 cm³/mol. The van der Waals surface area contributed by atoms with E-state index in [1.54, 1.807) is 0 Å². The highest BCUT2D eigenvalue weighted by Crippen LogP contribution is 2.27. The molecule has 1 aliphatic rings. The van der Waals surface area contributed by atoms with Gasteiger partial charge in [-0.2, -0.15) is 5.26 Å². The van der Waals surface area contributed by atoms with Crippen LogP contribution >= 0.6 is 0 Å². The highest BCUT2D eigenvalue weighted by molar-refractivity contribution is 5.95. The summed E-state index contributed by atoms with van der Waals surface area (Å²) in [6, 6.07) is 1.90. The summed E-state index contributed by atoms with van der Waals surface area (Å²) < 4.78 is 4.87. The molecule has 15 heavy (non-hydrogen) atoms. The van der Waals surface area contributed by atoms with Gasteiger partial charge in [0.05, 0.1) is 6.20 Å². The molecule has 1 aromatic heterocycles. The zero-order valence-electron chi connectivity index (χ0n) is 7.80. The molecule has 2 rings (SSSR count). The monoisotopic (exact) mass is 201 g/mol. The van der Waals surface area contributed by atoms with Gasteiger partial charge in [0, 0.05) is 18.9 Å². The Labute approximate surface area is 86.3 Å². The first-order chi connectivity index (χ1) is 7.26. The van der Waals surface area contributed by atoms with Crippen molar-refractivity contribution in [3.05, 3.63) is 11.8 Å². The number of carbonyl (C=O) groups excluding carboxylic acids is 1. The van der Waals surface area contributed by atoms with Gasteiger partial charge in [0.2, 0.25) is 5.91 Å². The van der Waals surface area contributed by atoms with E-state index in [2.05, 4.69) is 11.1 Å². The molecule has 1 amide bonds. The maximum Gasteiger partial charge on any atom is 0.251 e. The number of amides is 1. The molecule has 0 saturated carbocycles. The van der Waals surface area contributed by atoms with Crippen molar-refractivity contribution in [2.75, 3.05) is 11.4 Å². The average molecular weight is 201 g/mol. The molecular formula is C10H7N3O2. The lowest BCUT2D eigenvalue weighted by molar-refractivity contribution is -0.117. The van der Waals surface area contributed by atoms with Crippen molar-refractivity contribution < 1.29 is 9.32 Å². The molecule has 0 spiro atoms. The standard InChI is InChI=1S/C10H7N3O2/c1-2-7-3-9(14)13(6-7)10-8(4-11)5-12-15-10/h1,5,7H,3,6H2. The Kier molecular flexibility index (Phi) is 2.15. The molecule has 1 unspecified atom stereocenters. The van der Waals surface area contributed by atoms with Crippen LogP contribution in [-0.2, 0) is 4.79 Å². The van der Waals surface area contributed by atoms with Crippen molar-refractivity contribution in [1.29, 1.82) is 5.26 Å². The number of carbonyl (C=O) groups is 1. The molecule has 5 heteroatoms. The quantitative estimate of drug-likeness (QED) is 0.621. The molecule has 0 aromatic carbocycles. The molecule has 1 aromatic rings. The maximum atomic E-state index is 11.5. The van der Waals surface area contributed by atoms with Crippen LogP contribution in [0.15, 0.2) is 10.7 Å². The first-order valence-electron chi connectivity index (χ1n) is 4.37. The lowest BCUT2D eigenvalue weighted by Crippen LogP contribution is -2.24. The summed E-state index contributed by atoms with van der Waals surface area (Å²) in [5.74, 6) is 2.46. The number of nitrogens with zero attached hydrogens (tertiary/aromatic N) is 3. The van der Waals surface area contributed by atoms with Crippen LogP contribution in [0.3, 0.4) is 0 Å². The number of anilines is 1. The highest BCUT2D eigenvalue weighted by atomic mass is 16.5. The third-order valence-electron chi connectivity index (χ3n) is 2.28. The van der Waals surface area contributed by atoms with Gasteiger partial charge in [0.25, 0.3) is 5.88 Å². The predicted octanol–water partition coefficient (Wildman–Crippen LogP) is 0.532. The third kappa shape index (κ3) is 1.44. The van der Waals surface area contributed by atoms with Crippen molar-refractivity contribution >= 4 is 11.8 Å². The highest BCUT2D eigenvalue weighted by Gasteiger charge is 2.33. The number of aromatic nitrogens is 1. The second kappa shape index (κ2) is 3.47. The molecule has 0 N–H and O–H groups in total. The SMILES string of the molecule is C#CC1CC(=O)N(c2oncc2C#N)C1. The van der Waals surface area contributed by atoms with Crippen molar-refractivity contribution in [2.24, 2.45) is 5.92 Å². The fraction of sp³-hybridized carbons (Fsp3) is 0.300. The maximum absolute atomic E-state index is 11.5. The molecule has 0 radical (unpaired) electrons. The fourth-order valence-corrected chi connectivity index (χ4v) is 1.52. The second-order valence-corrected chi connectivity index (χ2v) is 3.23. The molecule has 1 saturated heterocycles. The van der Waals surface area contributed by atoms with Crippen LogP contribution in [0.1, 0.15) is 12.0 Å². The van der Waals surface area contributed by atoms with Crippen LogP contribution < -0.4 is 4.90 Å². The smallest absolute Gasteiger partial charge is 0.251 e. The van der Waals surface area contributed by atoms with Gasteiger partial charge in [-0.15, -0.1) is 12.3 Å². The van der Waals surface area contributed by atoms with Crippen molar-refractivity contribution in [3.8, 4) is 18.4 Å². The van der Waals surface area contributed by atoms with Gasteiger partial charge >= 0.3 is 0 Å². The number of terminal acetylenes is 1. The normalized spacial score (nSPS) is 20.0. The second-order valence-electron chi connectivity index (χ2n) is 3.23. The summed E-state index contributed by atoms with van der Waals surface area (Å²) in [5, 5.41) is 12.2. The van der Waals surface area contributed by atoms with Gasteiger partial charge in [0.15, 0.2) is 0 Å². The van der Waals surface area contributed by atoms with Gasteiger partial charge in [0.1, 0.15) is 11.6 Å². The van der Waals surface area contributed by atoms with Crippen LogP contribution in [0.25, 0.3) is 0 Å². The summed E-state index contributed by atoms with van der Waals surface area (Å²) in [5.41, 5.74) is 0.251. The first-order valence-corrected chi connectivity index (χ1v) is 4.37. The van der Waals surface area contributed by atoms with E-state index < -0.39 is 0 Å². The summed E-state index contributed by atoms with van der Waals surface area (Å²) in [7, 11) is 0. The van der Waals surface area contributed by atoms with E-state index in [1.807, 2.05) is 6.07 Å². The minimum Gasteiger partial charge on any atom is -0.337 e. The average Bonchev–Trinajstić information content (AvgIpc) is 2.82. The van der Waals surface area contributed by atoms with E-state index in [1.165, 1.54) is 11.1 Å². The van der Waals surface area contributed by atoms with E-state index in [0.29, 0.717) is 13.0 Å². The van der Waals surface area contributed by atoms with Crippen LogP contribution in [0, 0.1) is 29.6 Å². The Morgan fingerprint density at radius 2 is 2.53 bits per heavy atom. The fourth-order valence-electron chi connectivity index (χ4n) is 1.52. The lowest BCUT2D eigenvalue weighted by Gasteiger charge is -2.10. The molecule has 1 atom stereocenters. The Morgan fingerprint density at radius 1 is 1.73 bits per heavy atom. The molecule has 5 nitrogen and oxygen atoms in total. The number of nitriles is 1. The Morgan fingerprint density at radius 3 is 3.13 bits per heavy atom. The van der Waals surface area contributed by atoms with Gasteiger partial charge in [-0.25, -0.2) is 0 Å². The minimum atomic E-state index is -0.133. The van der Waals surface area contributed by atoms with Gasteiger partial charge in [-0.05, 0) is 0 Å². The van der Waals surface area contributed by atoms with Gasteiger partial charge in [-0.1, -0.05) is 5.16 Å². The van der Waals surface area contributed by atoms with E-state index in [4.69, 9.17) is 16.2 Å². The van der Waals surface area contributed by atoms with Crippen LogP contribution in [-0.4, -0.2) is 17.6 Å². The summed E-state index contributed by atoms with van der Waals surface area (Å²) in [6.07, 6.45) is 6.82. The largest absolute Gasteiger partial charge is 0.337 e. The molecule has 74 valence electrons. The van der Waals surface area contributed by atoms with Crippen LogP contribution in [0.4, 0.5) is 5.88 Å². The number of hydrogen-bond donors (Lipinski definition) is 0. The lowest BCUT2D eigenvalue weighted by atomic mass is 10.1. The zero-order chi connectivity index (χ0) is 10.8. The first kappa shape index (κ1) is 9.29. The number of hydrogen-bond acceptors (Lipinski definition) is 4. The van der Waals surface area contributed by atoms with E-state index in [0.717, 1.165) is 0 Å². The van der Waals surface area contributed by atoms with E-state index in [9.17, 15) is 4.79 Å². The topological polar surface area (TPSA) is 70.1 Å². The van der Waals surface area contributed by atoms with Crippen molar-refractivity contribution in [2.45, 2.75) is 6.42 Å². The number of rotatable bonds is 1. The van der Waals surface area contributed by atoms with Crippen LogP contribution in [0.5, 0.6) is 0 Å². The summed E-state index contributed by atoms with van der Waals surface area (Å²) >= 11 is 0. The molecule has 2 heterocycles. The summed E-state index contributed by atoms with van der Waals surface area (Å²) in [6.45, 7) is 0.388. The van der Waals surface area contributed by atoms with E-state index in [-0.39, 0.29) is 23.3 Å². The molecular weight excluding hydrogens is 194 g/mol.